The van der Waals surface area contributed by atoms with Crippen LogP contribution in [0.2, 0.25) is 0 Å². The first-order chi connectivity index (χ1) is 20.6. The first-order valence-corrected chi connectivity index (χ1v) is 13.5. The summed E-state index contributed by atoms with van der Waals surface area (Å²) in [6.07, 6.45) is 3.00. The summed E-state index contributed by atoms with van der Waals surface area (Å²) in [4.78, 5) is 38.0. The number of nitrogens with one attached hydrogen (secondary N) is 1. The number of anilines is 2. The van der Waals surface area contributed by atoms with Crippen LogP contribution in [0.25, 0.3) is 11.1 Å². The summed E-state index contributed by atoms with van der Waals surface area (Å²) in [6.45, 7) is 2.53. The van der Waals surface area contributed by atoms with E-state index >= 15 is 0 Å². The predicted octanol–water partition coefficient (Wildman–Crippen LogP) is 4.13. The van der Waals surface area contributed by atoms with Crippen LogP contribution in [0.3, 0.4) is 0 Å². The molecule has 0 radical (unpaired) electrons. The zero-order valence-corrected chi connectivity index (χ0v) is 24.1. The van der Waals surface area contributed by atoms with Gasteiger partial charge in [-0.05, 0) is 47.9 Å². The number of hydrogen-bond acceptors (Lipinski definition) is 8. The van der Waals surface area contributed by atoms with Gasteiger partial charge in [0.2, 0.25) is 0 Å². The van der Waals surface area contributed by atoms with Gasteiger partial charge in [-0.15, -0.1) is 0 Å². The number of primary amides is 1. The van der Waals surface area contributed by atoms with E-state index in [0.29, 0.717) is 12.4 Å². The number of nitrogens with two attached hydrogens (primary N) is 1. The van der Waals surface area contributed by atoms with Gasteiger partial charge in [-0.2, -0.15) is 5.26 Å². The molecule has 2 amide bonds. The second kappa shape index (κ2) is 13.5. The minimum Gasteiger partial charge on any atom is -0.395 e. The molecule has 4 N–H and O–H groups in total. The monoisotopic (exact) mass is 581 g/mol. The lowest BCUT2D eigenvalue weighted by molar-refractivity contribution is 0.0820. The molecule has 2 heterocycles. The number of nitrogens with zero attached hydrogens (tertiary/aromatic N) is 5. The normalized spacial score (nSPS) is 11.3. The van der Waals surface area contributed by atoms with Crippen LogP contribution in [-0.4, -0.2) is 59.0 Å². The Bertz CT molecular complexity index is 1630. The Morgan fingerprint density at radius 1 is 1.00 bits per heavy atom. The van der Waals surface area contributed by atoms with Crippen molar-refractivity contribution in [3.05, 3.63) is 107 Å². The fourth-order valence-corrected chi connectivity index (χ4v) is 4.65. The van der Waals surface area contributed by atoms with Gasteiger partial charge in [0.1, 0.15) is 23.5 Å². The number of benzene rings is 2. The molecule has 11 heteroatoms. The lowest BCUT2D eigenvalue weighted by Crippen LogP contribution is -2.33. The van der Waals surface area contributed by atoms with Crippen molar-refractivity contribution in [2.24, 2.45) is 5.73 Å². The number of carbonyl (C=O) groups excluding carboxylic acids is 2. The molecule has 0 aliphatic rings. The van der Waals surface area contributed by atoms with E-state index in [1.807, 2.05) is 49.4 Å². The van der Waals surface area contributed by atoms with E-state index in [4.69, 9.17) is 10.8 Å². The van der Waals surface area contributed by atoms with Gasteiger partial charge in [0.25, 0.3) is 11.8 Å². The molecule has 220 valence electrons. The highest BCUT2D eigenvalue weighted by Crippen LogP contribution is 2.33. The summed E-state index contributed by atoms with van der Waals surface area (Å²) in [5, 5.41) is 21.7. The van der Waals surface area contributed by atoms with E-state index in [2.05, 4.69) is 15.3 Å². The molecule has 0 aliphatic carbocycles. The van der Waals surface area contributed by atoms with Gasteiger partial charge in [-0.25, -0.2) is 14.4 Å². The third kappa shape index (κ3) is 6.94. The highest BCUT2D eigenvalue weighted by Gasteiger charge is 2.30. The molecule has 43 heavy (non-hydrogen) atoms. The summed E-state index contributed by atoms with van der Waals surface area (Å²) in [6, 6.07) is 19.0. The van der Waals surface area contributed by atoms with Gasteiger partial charge >= 0.3 is 0 Å². The Balaban J connectivity index is 1.77. The fraction of sp³-hybridized carbons (Fsp3) is 0.219. The second-order valence-corrected chi connectivity index (χ2v) is 10.1. The Morgan fingerprint density at radius 3 is 2.23 bits per heavy atom. The van der Waals surface area contributed by atoms with Crippen molar-refractivity contribution < 1.29 is 19.1 Å². The minimum atomic E-state index is -0.902. The van der Waals surface area contributed by atoms with E-state index in [9.17, 15) is 19.2 Å². The number of aromatic nitrogens is 2. The van der Waals surface area contributed by atoms with Crippen LogP contribution in [0, 0.1) is 17.1 Å². The standard InChI is InChI=1S/C32H32FN7O3/c1-20(22-8-11-26(33)12-9-22)40(31-29(30(35)42)28(32(43)39(2)3)25(16-34)18-38-31)19-21-4-6-23(7-5-21)24-10-13-27(37-17-24)36-14-15-41/h4-13,17-18,20,41H,14-15,19H2,1-3H3,(H2,35,42)(H,36,37)/t20-/m0/s1. The summed E-state index contributed by atoms with van der Waals surface area (Å²) in [5.41, 5.74) is 8.89. The zero-order chi connectivity index (χ0) is 31.1. The van der Waals surface area contributed by atoms with Crippen LogP contribution in [-0.2, 0) is 6.54 Å². The van der Waals surface area contributed by atoms with E-state index in [1.54, 1.807) is 23.2 Å². The van der Waals surface area contributed by atoms with Gasteiger partial charge < -0.3 is 26.0 Å². The predicted molar refractivity (Wildman–Crippen MR) is 162 cm³/mol. The average Bonchev–Trinajstić information content (AvgIpc) is 3.02. The third-order valence-corrected chi connectivity index (χ3v) is 6.96. The summed E-state index contributed by atoms with van der Waals surface area (Å²) < 4.78 is 13.8. The Kier molecular flexibility index (Phi) is 9.65. The van der Waals surface area contributed by atoms with Crippen molar-refractivity contribution in [2.45, 2.75) is 19.5 Å². The molecule has 0 saturated carbocycles. The van der Waals surface area contributed by atoms with Crippen LogP contribution in [0.5, 0.6) is 0 Å². The van der Waals surface area contributed by atoms with Gasteiger partial charge in [0, 0.05) is 45.1 Å². The Labute approximate surface area is 249 Å². The van der Waals surface area contributed by atoms with Crippen LogP contribution >= 0.6 is 0 Å². The van der Waals surface area contributed by atoms with Crippen LogP contribution < -0.4 is 16.0 Å². The molecule has 0 aliphatic heterocycles. The highest BCUT2D eigenvalue weighted by molar-refractivity contribution is 6.11. The molecule has 1 atom stereocenters. The quantitative estimate of drug-likeness (QED) is 0.240. The van der Waals surface area contributed by atoms with Gasteiger partial charge in [0.15, 0.2) is 0 Å². The van der Waals surface area contributed by atoms with E-state index in [-0.39, 0.29) is 35.7 Å². The molecule has 0 saturated heterocycles. The maximum absolute atomic E-state index is 13.8. The minimum absolute atomic E-state index is 0.00782. The molecule has 2 aromatic carbocycles. The molecular formula is C32H32FN7O3. The summed E-state index contributed by atoms with van der Waals surface area (Å²) in [7, 11) is 3.03. The van der Waals surface area contributed by atoms with Crippen molar-refractivity contribution in [2.75, 3.05) is 37.5 Å². The Morgan fingerprint density at radius 2 is 1.67 bits per heavy atom. The molecule has 10 nitrogen and oxygen atoms in total. The molecule has 0 fully saturated rings. The first kappa shape index (κ1) is 30.6. The SMILES string of the molecule is C[C@@H](c1ccc(F)cc1)N(Cc1ccc(-c2ccc(NCCO)nc2)cc1)c1ncc(C#N)c(C(=O)N(C)C)c1C(N)=O. The smallest absolute Gasteiger partial charge is 0.255 e. The fourth-order valence-electron chi connectivity index (χ4n) is 4.65. The van der Waals surface area contributed by atoms with Crippen molar-refractivity contribution in [3.63, 3.8) is 0 Å². The molecular weight excluding hydrogens is 549 g/mol. The van der Waals surface area contributed by atoms with E-state index < -0.39 is 23.7 Å². The summed E-state index contributed by atoms with van der Waals surface area (Å²) >= 11 is 0. The Hall–Kier alpha value is -5.34. The van der Waals surface area contributed by atoms with Crippen molar-refractivity contribution >= 4 is 23.5 Å². The topological polar surface area (TPSA) is 148 Å². The van der Waals surface area contributed by atoms with Gasteiger partial charge in [-0.3, -0.25) is 9.59 Å². The lowest BCUT2D eigenvalue weighted by atomic mass is 9.99. The molecule has 4 aromatic rings. The number of pyridine rings is 2. The number of nitriles is 1. The number of rotatable bonds is 11. The largest absolute Gasteiger partial charge is 0.395 e. The van der Waals surface area contributed by atoms with Crippen LogP contribution in [0.4, 0.5) is 16.0 Å². The van der Waals surface area contributed by atoms with Gasteiger partial charge in [0.05, 0.1) is 29.3 Å². The van der Waals surface area contributed by atoms with Crippen molar-refractivity contribution in [3.8, 4) is 17.2 Å². The van der Waals surface area contributed by atoms with E-state index in [0.717, 1.165) is 22.3 Å². The molecule has 0 unspecified atom stereocenters. The van der Waals surface area contributed by atoms with Gasteiger partial charge in [-0.1, -0.05) is 36.4 Å². The highest BCUT2D eigenvalue weighted by atomic mass is 19.1. The van der Waals surface area contributed by atoms with Crippen LogP contribution in [0.15, 0.2) is 73.1 Å². The maximum atomic E-state index is 13.8. The number of aliphatic hydroxyl groups excluding tert-OH is 1. The zero-order valence-electron chi connectivity index (χ0n) is 24.1. The van der Waals surface area contributed by atoms with Crippen LogP contribution in [0.1, 0.15) is 50.4 Å². The molecule has 0 spiro atoms. The lowest BCUT2D eigenvalue weighted by Gasteiger charge is -2.33. The molecule has 0 bridgehead atoms. The number of hydrogen-bond donors (Lipinski definition) is 3. The third-order valence-electron chi connectivity index (χ3n) is 6.96. The number of carbonyl (C=O) groups is 2. The average molecular weight is 582 g/mol. The molecule has 4 rings (SSSR count). The van der Waals surface area contributed by atoms with Crippen molar-refractivity contribution in [1.29, 1.82) is 5.26 Å². The number of amides is 2. The number of aliphatic hydroxyl groups is 1. The second-order valence-electron chi connectivity index (χ2n) is 10.1. The molecule has 2 aromatic heterocycles. The summed E-state index contributed by atoms with van der Waals surface area (Å²) in [5.74, 6) is -1.06. The number of halogens is 1. The van der Waals surface area contributed by atoms with Crippen molar-refractivity contribution in [1.82, 2.24) is 14.9 Å². The maximum Gasteiger partial charge on any atom is 0.255 e. The first-order valence-electron chi connectivity index (χ1n) is 13.5. The van der Waals surface area contributed by atoms with E-state index in [1.165, 1.54) is 37.3 Å².